The fraction of sp³-hybridized carbons (Fsp3) is 0.200. The van der Waals surface area contributed by atoms with Gasteiger partial charge in [0.25, 0.3) is 11.8 Å². The van der Waals surface area contributed by atoms with Gasteiger partial charge in [0.2, 0.25) is 0 Å². The van der Waals surface area contributed by atoms with Crippen molar-refractivity contribution in [2.75, 3.05) is 13.1 Å². The van der Waals surface area contributed by atoms with Gasteiger partial charge in [-0.3, -0.25) is 9.59 Å². The van der Waals surface area contributed by atoms with Crippen molar-refractivity contribution < 1.29 is 9.59 Å². The van der Waals surface area contributed by atoms with Gasteiger partial charge in [-0.05, 0) is 83.3 Å². The van der Waals surface area contributed by atoms with Gasteiger partial charge in [-0.2, -0.15) is 0 Å². The second-order valence-corrected chi connectivity index (χ2v) is 16.3. The van der Waals surface area contributed by atoms with Crippen molar-refractivity contribution in [1.29, 1.82) is 0 Å². The fourth-order valence-electron chi connectivity index (χ4n) is 9.53. The lowest BCUT2D eigenvalue weighted by Gasteiger charge is -2.28. The van der Waals surface area contributed by atoms with Gasteiger partial charge in [-0.1, -0.05) is 97.1 Å². The molecular weight excluding hydrogens is 773 g/mol. The van der Waals surface area contributed by atoms with Gasteiger partial charge >= 0.3 is 0 Å². The summed E-state index contributed by atoms with van der Waals surface area (Å²) in [5, 5.41) is 0. The van der Waals surface area contributed by atoms with Crippen molar-refractivity contribution in [3.05, 3.63) is 182 Å². The van der Waals surface area contributed by atoms with Crippen molar-refractivity contribution in [3.63, 3.8) is 0 Å². The number of rotatable bonds is 10. The van der Waals surface area contributed by atoms with Crippen LogP contribution in [0.25, 0.3) is 44.3 Å². The molecule has 0 radical (unpaired) electrons. The van der Waals surface area contributed by atoms with E-state index in [0.717, 1.165) is 92.8 Å². The number of carbonyl (C=O) groups is 2. The maximum atomic E-state index is 14.3. The van der Waals surface area contributed by atoms with Crippen LogP contribution < -0.4 is 0 Å². The van der Waals surface area contributed by atoms with E-state index in [4.69, 9.17) is 9.97 Å². The maximum absolute atomic E-state index is 14.3. The van der Waals surface area contributed by atoms with Crippen LogP contribution >= 0.6 is 0 Å². The van der Waals surface area contributed by atoms with Gasteiger partial charge in [0.1, 0.15) is 23.7 Å². The molecule has 2 amide bonds. The largest absolute Gasteiger partial charge is 0.340 e. The van der Waals surface area contributed by atoms with E-state index < -0.39 is 12.1 Å². The van der Waals surface area contributed by atoms with Crippen molar-refractivity contribution in [1.82, 2.24) is 48.8 Å². The van der Waals surface area contributed by atoms with Gasteiger partial charge in [0.05, 0.1) is 46.8 Å². The molecule has 4 aromatic heterocycles. The monoisotopic (exact) mass is 816 g/mol. The predicted molar refractivity (Wildman–Crippen MR) is 238 cm³/mol. The van der Waals surface area contributed by atoms with Crippen LogP contribution in [-0.4, -0.2) is 73.7 Å². The first-order chi connectivity index (χ1) is 30.6. The molecule has 0 aliphatic carbocycles. The van der Waals surface area contributed by atoms with E-state index in [2.05, 4.69) is 80.6 Å². The topological polar surface area (TPSA) is 134 Å². The number of fused-ring (bicyclic) bond motifs is 2. The Morgan fingerprint density at radius 3 is 1.35 bits per heavy atom. The summed E-state index contributed by atoms with van der Waals surface area (Å²) in [6, 6.07) is 39.7. The average molecular weight is 817 g/mol. The zero-order chi connectivity index (χ0) is 41.6. The molecule has 2 fully saturated rings. The number of carbonyl (C=O) groups excluding carboxylic acids is 2. The minimum Gasteiger partial charge on any atom is -0.340 e. The van der Waals surface area contributed by atoms with Crippen LogP contribution in [0.15, 0.2) is 159 Å². The fourth-order valence-corrected chi connectivity index (χ4v) is 9.53. The Bertz CT molecular complexity index is 2790. The van der Waals surface area contributed by atoms with E-state index in [9.17, 15) is 9.59 Å². The molecule has 0 saturated carbocycles. The zero-order valence-corrected chi connectivity index (χ0v) is 34.0. The summed E-state index contributed by atoms with van der Waals surface area (Å²) >= 11 is 0. The highest BCUT2D eigenvalue weighted by Crippen LogP contribution is 2.38. The predicted octanol–water partition coefficient (Wildman–Crippen LogP) is 9.07. The van der Waals surface area contributed by atoms with Crippen molar-refractivity contribution in [2.24, 2.45) is 0 Å². The van der Waals surface area contributed by atoms with Gasteiger partial charge in [-0.25, -0.2) is 19.9 Å². The number of H-pyrrole nitrogens is 2. The average Bonchev–Trinajstić information content (AvgIpc) is 4.18. The summed E-state index contributed by atoms with van der Waals surface area (Å²) in [4.78, 5) is 58.2. The zero-order valence-electron chi connectivity index (χ0n) is 34.0. The number of aromatic nitrogens is 8. The molecule has 9 aromatic rings. The number of amides is 2. The molecule has 62 heavy (non-hydrogen) atoms. The highest BCUT2D eigenvalue weighted by atomic mass is 16.2. The van der Waals surface area contributed by atoms with Crippen LogP contribution in [0, 0.1) is 0 Å². The summed E-state index contributed by atoms with van der Waals surface area (Å²) in [6.07, 6.45) is 14.1. The Morgan fingerprint density at radius 2 is 0.952 bits per heavy atom. The Kier molecular flexibility index (Phi) is 9.52. The minimum atomic E-state index is -0.496. The summed E-state index contributed by atoms with van der Waals surface area (Å²) in [6.45, 7) is 1.35. The Labute approximate surface area is 357 Å². The number of hydrogen-bond donors (Lipinski definition) is 2. The van der Waals surface area contributed by atoms with Crippen LogP contribution in [0.5, 0.6) is 0 Å². The third-order valence-electron chi connectivity index (χ3n) is 12.6. The lowest BCUT2D eigenvalue weighted by molar-refractivity contribution is -0.135. The van der Waals surface area contributed by atoms with E-state index in [1.54, 1.807) is 25.0 Å². The minimum absolute atomic E-state index is 0.0386. The SMILES string of the molecule is O=C(C(c1ccccc1)n1ccnc1)N1CCC[C@@H]1c1nc2ccc(-c3ccc(-c4ccc5nc([C@@H]6CCCN6C(=O)C(c6ccccc6)n6ccnc6)[nH]c5c4)cc3)cc2[nH]1. The van der Waals surface area contributed by atoms with E-state index >= 15 is 0 Å². The lowest BCUT2D eigenvalue weighted by atomic mass is 10.00. The Balaban J connectivity index is 0.811. The normalized spacial score (nSPS) is 17.5. The standard InChI is InChI=1S/C50H44N10O2/c61-49(45(57-27-23-51-31-57)35-9-3-1-4-10-35)59-25-7-13-43(59)47-53-39-21-19-37(29-41(39)55-47)33-15-17-34(18-16-33)38-20-22-40-42(30-38)56-48(54-40)44-14-8-26-60(44)50(62)46(58-28-24-52-32-58)36-11-5-2-6-12-36/h1-6,9-12,15-24,27-32,43-46H,7-8,13-14,25-26H2,(H,53,55)(H,54,56)/t43-,44+,45?,46?. The van der Waals surface area contributed by atoms with E-state index in [1.165, 1.54) is 0 Å². The number of likely N-dealkylation sites (tertiary alicyclic amines) is 2. The molecule has 12 nitrogen and oxygen atoms in total. The van der Waals surface area contributed by atoms with E-state index in [-0.39, 0.29) is 23.9 Å². The number of hydrogen-bond acceptors (Lipinski definition) is 6. The van der Waals surface area contributed by atoms with Crippen molar-refractivity contribution >= 4 is 33.9 Å². The summed E-state index contributed by atoms with van der Waals surface area (Å²) in [7, 11) is 0. The molecule has 12 heteroatoms. The smallest absolute Gasteiger partial charge is 0.250 e. The summed E-state index contributed by atoms with van der Waals surface area (Å²) in [5.41, 5.74) is 9.83. The number of aromatic amines is 2. The van der Waals surface area contributed by atoms with Gasteiger partial charge in [0.15, 0.2) is 0 Å². The molecule has 4 atom stereocenters. The third kappa shape index (κ3) is 6.83. The first kappa shape index (κ1) is 37.4. The summed E-state index contributed by atoms with van der Waals surface area (Å²) in [5.74, 6) is 1.70. The Morgan fingerprint density at radius 1 is 0.532 bits per heavy atom. The highest BCUT2D eigenvalue weighted by molar-refractivity contribution is 5.87. The molecule has 306 valence electrons. The number of nitrogens with one attached hydrogen (secondary N) is 2. The van der Waals surface area contributed by atoms with Crippen LogP contribution in [0.3, 0.4) is 0 Å². The number of nitrogens with zero attached hydrogens (tertiary/aromatic N) is 8. The third-order valence-corrected chi connectivity index (χ3v) is 12.6. The molecule has 2 unspecified atom stereocenters. The second kappa shape index (κ2) is 15.8. The van der Waals surface area contributed by atoms with Crippen LogP contribution in [0.1, 0.15) is 72.6 Å². The lowest BCUT2D eigenvalue weighted by Crippen LogP contribution is -2.37. The van der Waals surface area contributed by atoms with Crippen molar-refractivity contribution in [2.45, 2.75) is 49.9 Å². The number of imidazole rings is 4. The Hall–Kier alpha value is -7.60. The molecule has 0 bridgehead atoms. The molecule has 0 spiro atoms. The molecule has 2 aliphatic heterocycles. The maximum Gasteiger partial charge on any atom is 0.250 e. The second-order valence-electron chi connectivity index (χ2n) is 16.3. The molecule has 2 aliphatic rings. The molecule has 2 saturated heterocycles. The van der Waals surface area contributed by atoms with E-state index in [0.29, 0.717) is 13.1 Å². The van der Waals surface area contributed by atoms with Crippen molar-refractivity contribution in [3.8, 4) is 22.3 Å². The molecule has 2 N–H and O–H groups in total. The van der Waals surface area contributed by atoms with Gasteiger partial charge in [-0.15, -0.1) is 0 Å². The summed E-state index contributed by atoms with van der Waals surface area (Å²) < 4.78 is 3.77. The quantitative estimate of drug-likeness (QED) is 0.142. The highest BCUT2D eigenvalue weighted by Gasteiger charge is 2.38. The van der Waals surface area contributed by atoms with E-state index in [1.807, 2.05) is 92.0 Å². The first-order valence-corrected chi connectivity index (χ1v) is 21.3. The van der Waals surface area contributed by atoms with Gasteiger partial charge in [0, 0.05) is 37.9 Å². The number of benzene rings is 5. The molecule has 6 heterocycles. The van der Waals surface area contributed by atoms with Gasteiger partial charge < -0.3 is 28.9 Å². The molecular formula is C50H44N10O2. The molecule has 11 rings (SSSR count). The van der Waals surface area contributed by atoms with Crippen LogP contribution in [0.2, 0.25) is 0 Å². The molecule has 5 aromatic carbocycles. The van der Waals surface area contributed by atoms with Crippen LogP contribution in [0.4, 0.5) is 0 Å². The first-order valence-electron chi connectivity index (χ1n) is 21.3. The van der Waals surface area contributed by atoms with Crippen LogP contribution in [-0.2, 0) is 9.59 Å².